The van der Waals surface area contributed by atoms with Crippen molar-refractivity contribution in [1.29, 1.82) is 0 Å². The number of amides is 1. The van der Waals surface area contributed by atoms with Crippen LogP contribution in [0, 0.1) is 0 Å². The van der Waals surface area contributed by atoms with Crippen molar-refractivity contribution in [3.63, 3.8) is 0 Å². The third-order valence-corrected chi connectivity index (χ3v) is 7.53. The number of hydrogen-bond donors (Lipinski definition) is 2. The molecule has 1 atom stereocenters. The zero-order chi connectivity index (χ0) is 22.2. The summed E-state index contributed by atoms with van der Waals surface area (Å²) in [5, 5.41) is 13.6. The van der Waals surface area contributed by atoms with E-state index in [-0.39, 0.29) is 30.3 Å². The summed E-state index contributed by atoms with van der Waals surface area (Å²) in [4.78, 5) is 23.4. The van der Waals surface area contributed by atoms with Gasteiger partial charge in [0.1, 0.15) is 22.9 Å². The molecule has 1 saturated carbocycles. The Morgan fingerprint density at radius 3 is 2.71 bits per heavy atom. The highest BCUT2D eigenvalue weighted by molar-refractivity contribution is 7.19. The van der Waals surface area contributed by atoms with Crippen molar-refractivity contribution < 1.29 is 19.4 Å². The van der Waals surface area contributed by atoms with Crippen LogP contribution in [-0.2, 0) is 16.6 Å². The molecule has 2 aliphatic rings. The molecule has 7 nitrogen and oxygen atoms in total. The van der Waals surface area contributed by atoms with Crippen LogP contribution in [-0.4, -0.2) is 45.5 Å². The van der Waals surface area contributed by atoms with Gasteiger partial charge in [-0.25, -0.2) is 14.8 Å². The molecule has 0 spiro atoms. The van der Waals surface area contributed by atoms with Gasteiger partial charge in [-0.2, -0.15) is 0 Å². The van der Waals surface area contributed by atoms with Crippen LogP contribution < -0.4 is 10.1 Å². The zero-order valence-electron chi connectivity index (χ0n) is 18.9. The van der Waals surface area contributed by atoms with Gasteiger partial charge in [-0.3, -0.25) is 0 Å². The predicted molar refractivity (Wildman–Crippen MR) is 121 cm³/mol. The Bertz CT molecular complexity index is 946. The number of nitrogens with one attached hydrogen (secondary N) is 1. The van der Waals surface area contributed by atoms with Crippen LogP contribution in [0.5, 0.6) is 5.88 Å². The van der Waals surface area contributed by atoms with Crippen molar-refractivity contribution in [3.8, 4) is 5.88 Å². The third-order valence-electron chi connectivity index (χ3n) is 6.37. The molecule has 31 heavy (non-hydrogen) atoms. The van der Waals surface area contributed by atoms with Crippen LogP contribution in [0.3, 0.4) is 0 Å². The van der Waals surface area contributed by atoms with Gasteiger partial charge in [0.2, 0.25) is 5.88 Å². The average molecular weight is 448 g/mol. The van der Waals surface area contributed by atoms with Crippen molar-refractivity contribution in [2.75, 3.05) is 6.61 Å². The molecule has 0 aliphatic heterocycles. The van der Waals surface area contributed by atoms with Crippen LogP contribution in [0.4, 0.5) is 4.79 Å². The normalized spacial score (nSPS) is 26.0. The average Bonchev–Trinajstić information content (AvgIpc) is 3.21. The predicted octanol–water partition coefficient (Wildman–Crippen LogP) is 4.49. The lowest BCUT2D eigenvalue weighted by Crippen LogP contribution is -2.42. The first-order valence-electron chi connectivity index (χ1n) is 11.2. The lowest BCUT2D eigenvalue weighted by atomic mass is 9.81. The SMILES string of the molecule is CC(C)(C)OC(=O)NC1CCC(Oc2ncnc3sc4c(c23)C(C)(CCO)CC4)CC1. The van der Waals surface area contributed by atoms with Gasteiger partial charge in [0.25, 0.3) is 0 Å². The maximum atomic E-state index is 12.0. The summed E-state index contributed by atoms with van der Waals surface area (Å²) in [6.45, 7) is 8.00. The van der Waals surface area contributed by atoms with Crippen LogP contribution in [0.15, 0.2) is 6.33 Å². The Labute approximate surface area is 187 Å². The topological polar surface area (TPSA) is 93.6 Å². The summed E-state index contributed by atoms with van der Waals surface area (Å²) in [5.74, 6) is 0.664. The van der Waals surface area contributed by atoms with E-state index >= 15 is 0 Å². The fourth-order valence-corrected chi connectivity index (χ4v) is 6.10. The van der Waals surface area contributed by atoms with Crippen molar-refractivity contribution in [3.05, 3.63) is 16.8 Å². The molecule has 1 fully saturated rings. The monoisotopic (exact) mass is 447 g/mol. The van der Waals surface area contributed by atoms with Gasteiger partial charge < -0.3 is 19.9 Å². The standard InChI is InChI=1S/C23H33N3O4S/c1-22(2,3)30-21(28)26-14-5-7-15(8-6-14)29-19-17-18-16(31-20(17)25-13-24-19)9-10-23(18,4)11-12-27/h13-15,27H,5-12H2,1-4H3,(H,26,28). The summed E-state index contributed by atoms with van der Waals surface area (Å²) < 4.78 is 11.8. The van der Waals surface area contributed by atoms with Gasteiger partial charge in [0.05, 0.1) is 5.39 Å². The molecule has 2 aromatic rings. The van der Waals surface area contributed by atoms with Gasteiger partial charge in [0, 0.05) is 17.5 Å². The fraction of sp³-hybridized carbons (Fsp3) is 0.696. The molecule has 2 aromatic heterocycles. The number of aliphatic hydroxyl groups is 1. The maximum absolute atomic E-state index is 12.0. The molecular formula is C23H33N3O4S. The Kier molecular flexibility index (Phi) is 6.14. The van der Waals surface area contributed by atoms with Crippen molar-refractivity contribution >= 4 is 27.6 Å². The quantitative estimate of drug-likeness (QED) is 0.701. The summed E-state index contributed by atoms with van der Waals surface area (Å²) >= 11 is 1.73. The number of alkyl carbamates (subject to hydrolysis) is 1. The third kappa shape index (κ3) is 4.80. The minimum absolute atomic E-state index is 0.0554. The van der Waals surface area contributed by atoms with Crippen LogP contribution >= 0.6 is 11.3 Å². The minimum atomic E-state index is -0.492. The largest absolute Gasteiger partial charge is 0.474 e. The van der Waals surface area contributed by atoms with Crippen molar-refractivity contribution in [2.45, 2.75) is 95.8 Å². The number of ether oxygens (including phenoxy) is 2. The van der Waals surface area contributed by atoms with E-state index in [0.29, 0.717) is 5.88 Å². The van der Waals surface area contributed by atoms with Crippen LogP contribution in [0.25, 0.3) is 10.2 Å². The number of nitrogens with zero attached hydrogens (tertiary/aromatic N) is 2. The summed E-state index contributed by atoms with van der Waals surface area (Å²) in [5.41, 5.74) is 0.728. The molecule has 0 bridgehead atoms. The maximum Gasteiger partial charge on any atom is 0.407 e. The molecule has 0 aromatic carbocycles. The van der Waals surface area contributed by atoms with E-state index in [9.17, 15) is 9.90 Å². The van der Waals surface area contributed by atoms with Gasteiger partial charge in [0.15, 0.2) is 0 Å². The number of carbonyl (C=O) groups excluding carboxylic acids is 1. The lowest BCUT2D eigenvalue weighted by molar-refractivity contribution is 0.0470. The Hall–Kier alpha value is -1.93. The van der Waals surface area contributed by atoms with E-state index in [4.69, 9.17) is 9.47 Å². The summed E-state index contributed by atoms with van der Waals surface area (Å²) in [6.07, 6.45) is 7.50. The molecule has 2 N–H and O–H groups in total. The number of aromatic nitrogens is 2. The molecule has 1 unspecified atom stereocenters. The Morgan fingerprint density at radius 2 is 2.03 bits per heavy atom. The van der Waals surface area contributed by atoms with E-state index in [1.807, 2.05) is 20.8 Å². The number of hydrogen-bond acceptors (Lipinski definition) is 7. The van der Waals surface area contributed by atoms with E-state index in [1.165, 1.54) is 10.4 Å². The molecule has 0 saturated heterocycles. The molecule has 4 rings (SSSR count). The van der Waals surface area contributed by atoms with Crippen LogP contribution in [0.1, 0.15) is 76.7 Å². The first-order chi connectivity index (χ1) is 14.7. The van der Waals surface area contributed by atoms with Gasteiger partial charge >= 0.3 is 6.09 Å². The number of carbonyl (C=O) groups is 1. The molecule has 1 amide bonds. The molecule has 170 valence electrons. The van der Waals surface area contributed by atoms with E-state index in [1.54, 1.807) is 17.7 Å². The van der Waals surface area contributed by atoms with Crippen molar-refractivity contribution in [1.82, 2.24) is 15.3 Å². The number of rotatable bonds is 5. The molecule has 2 aliphatic carbocycles. The number of fused-ring (bicyclic) bond motifs is 3. The smallest absolute Gasteiger partial charge is 0.407 e. The highest BCUT2D eigenvalue weighted by atomic mass is 32.1. The molecule has 8 heteroatoms. The first-order valence-corrected chi connectivity index (χ1v) is 12.0. The lowest BCUT2D eigenvalue weighted by Gasteiger charge is -2.30. The number of aliphatic hydroxyl groups excluding tert-OH is 1. The van der Waals surface area contributed by atoms with E-state index in [0.717, 1.165) is 55.2 Å². The highest BCUT2D eigenvalue weighted by Crippen LogP contribution is 2.50. The van der Waals surface area contributed by atoms with E-state index in [2.05, 4.69) is 22.2 Å². The Balaban J connectivity index is 1.44. The van der Waals surface area contributed by atoms with E-state index < -0.39 is 5.60 Å². The minimum Gasteiger partial charge on any atom is -0.474 e. The first kappa shape index (κ1) is 22.3. The number of aryl methyl sites for hydroxylation is 1. The van der Waals surface area contributed by atoms with Gasteiger partial charge in [-0.15, -0.1) is 11.3 Å². The molecule has 2 heterocycles. The second-order valence-electron chi connectivity index (χ2n) is 10.0. The van der Waals surface area contributed by atoms with Gasteiger partial charge in [-0.05, 0) is 76.7 Å². The second kappa shape index (κ2) is 8.54. The summed E-state index contributed by atoms with van der Waals surface area (Å²) in [6, 6.07) is 0.110. The van der Waals surface area contributed by atoms with Crippen LogP contribution in [0.2, 0.25) is 0 Å². The van der Waals surface area contributed by atoms with Crippen molar-refractivity contribution in [2.24, 2.45) is 0 Å². The highest BCUT2D eigenvalue weighted by Gasteiger charge is 2.39. The zero-order valence-corrected chi connectivity index (χ0v) is 19.7. The van der Waals surface area contributed by atoms with Gasteiger partial charge in [-0.1, -0.05) is 6.92 Å². The summed E-state index contributed by atoms with van der Waals surface area (Å²) in [7, 11) is 0. The Morgan fingerprint density at radius 1 is 1.29 bits per heavy atom. The molecule has 0 radical (unpaired) electrons. The fourth-order valence-electron chi connectivity index (χ4n) is 4.82. The number of thiophene rings is 1. The molecular weight excluding hydrogens is 414 g/mol. The second-order valence-corrected chi connectivity index (χ2v) is 11.1.